The Kier molecular flexibility index (Phi) is 14.4. The fourth-order valence-corrected chi connectivity index (χ4v) is 4.54. The maximum absolute atomic E-state index is 13.4. The Morgan fingerprint density at radius 2 is 1.34 bits per heavy atom. The third kappa shape index (κ3) is 12.3. The first-order valence-electron chi connectivity index (χ1n) is 15.7. The molecule has 3 aromatic carbocycles. The van der Waals surface area contributed by atoms with Crippen LogP contribution in [-0.4, -0.2) is 85.3 Å². The number of hydrogen-bond donors (Lipinski definition) is 4. The molecule has 0 saturated heterocycles. The lowest BCUT2D eigenvalue weighted by Crippen LogP contribution is -2.43. The maximum Gasteiger partial charge on any atom is 0.411 e. The van der Waals surface area contributed by atoms with E-state index in [1.165, 1.54) is 27.9 Å². The summed E-state index contributed by atoms with van der Waals surface area (Å²) in [6.07, 6.45) is -2.29. The molecule has 0 bridgehead atoms. The number of ether oxygens (including phenoxy) is 5. The summed E-state index contributed by atoms with van der Waals surface area (Å²) in [6.45, 7) is 5.73. The van der Waals surface area contributed by atoms with E-state index in [2.05, 4.69) is 17.2 Å². The first kappa shape index (κ1) is 40.9. The lowest BCUT2D eigenvalue weighted by molar-refractivity contribution is -0.194. The average molecular weight is 735 g/mol. The van der Waals surface area contributed by atoms with E-state index < -0.39 is 77.5 Å². The van der Waals surface area contributed by atoms with Crippen LogP contribution in [0.25, 0.3) is 0 Å². The zero-order valence-electron chi connectivity index (χ0n) is 29.3. The molecule has 2 unspecified atom stereocenters. The third-order valence-corrected chi connectivity index (χ3v) is 7.25. The van der Waals surface area contributed by atoms with Crippen molar-refractivity contribution in [2.75, 3.05) is 37.6 Å². The van der Waals surface area contributed by atoms with E-state index in [9.17, 15) is 43.8 Å². The van der Waals surface area contributed by atoms with Crippen molar-refractivity contribution in [2.45, 2.75) is 33.5 Å². The fraction of sp³-hybridized carbons (Fsp3) is 0.270. The topological polar surface area (TPSA) is 230 Å². The lowest BCUT2D eigenvalue weighted by Gasteiger charge is -2.28. The van der Waals surface area contributed by atoms with Crippen molar-refractivity contribution >= 4 is 53.2 Å². The van der Waals surface area contributed by atoms with Gasteiger partial charge < -0.3 is 39.2 Å². The van der Waals surface area contributed by atoms with Crippen LogP contribution in [0.5, 0.6) is 0 Å². The Labute approximate surface area is 303 Å². The minimum absolute atomic E-state index is 0.0355. The lowest BCUT2D eigenvalue weighted by atomic mass is 9.93. The van der Waals surface area contributed by atoms with Crippen molar-refractivity contribution in [3.05, 3.63) is 107 Å². The van der Waals surface area contributed by atoms with Crippen LogP contribution < -0.4 is 10.6 Å². The highest BCUT2D eigenvalue weighted by atomic mass is 16.7. The second kappa shape index (κ2) is 18.6. The first-order valence-corrected chi connectivity index (χ1v) is 15.7. The molecule has 280 valence electrons. The number of carbonyl (C=O) groups excluding carboxylic acids is 5. The zero-order chi connectivity index (χ0) is 39.3. The number of rotatable bonds is 17. The summed E-state index contributed by atoms with van der Waals surface area (Å²) in [5.41, 5.74) is -0.459. The largest absolute Gasteiger partial charge is 0.478 e. The standard InChI is InChI=1S/C37H38N2O14/c1-21(2)33(45)50-18-30(52-34(46)28-15-10-25(31(41)42)17-29(28)32(43)44)53-35(47)37(4,19-49-5)20-51-36(48)39-27-13-8-24(9-14-27)16-23-6-11-26(12-7-23)38-22(3)40/h6-15,17,30H,1,16,18-20H2,2-5H3,(H,38,40)(H,39,48)(H,41,42)(H,43,44). The summed E-state index contributed by atoms with van der Waals surface area (Å²) < 4.78 is 26.0. The fourth-order valence-electron chi connectivity index (χ4n) is 4.54. The Balaban J connectivity index is 1.68. The van der Waals surface area contributed by atoms with Gasteiger partial charge in [0.2, 0.25) is 5.91 Å². The Morgan fingerprint density at radius 1 is 0.755 bits per heavy atom. The second-order valence-corrected chi connectivity index (χ2v) is 11.9. The molecule has 3 aromatic rings. The van der Waals surface area contributed by atoms with Crippen molar-refractivity contribution in [1.29, 1.82) is 0 Å². The van der Waals surface area contributed by atoms with E-state index in [0.29, 0.717) is 17.8 Å². The van der Waals surface area contributed by atoms with Gasteiger partial charge in [0.05, 0.1) is 23.3 Å². The average Bonchev–Trinajstić information content (AvgIpc) is 3.10. The molecule has 4 N–H and O–H groups in total. The van der Waals surface area contributed by atoms with Gasteiger partial charge in [-0.2, -0.15) is 0 Å². The van der Waals surface area contributed by atoms with Crippen LogP contribution >= 0.6 is 0 Å². The number of benzene rings is 3. The quantitative estimate of drug-likeness (QED) is 0.0639. The zero-order valence-corrected chi connectivity index (χ0v) is 29.3. The van der Waals surface area contributed by atoms with E-state index in [1.807, 2.05) is 12.1 Å². The van der Waals surface area contributed by atoms with Crippen LogP contribution in [0.3, 0.4) is 0 Å². The highest BCUT2D eigenvalue weighted by Gasteiger charge is 2.40. The van der Waals surface area contributed by atoms with Crippen LogP contribution in [-0.2, 0) is 44.5 Å². The monoisotopic (exact) mass is 734 g/mol. The molecule has 0 aliphatic carbocycles. The summed E-state index contributed by atoms with van der Waals surface area (Å²) in [7, 11) is 1.27. The second-order valence-electron chi connectivity index (χ2n) is 11.9. The molecule has 3 rings (SSSR count). The SMILES string of the molecule is C=C(C)C(=O)OCC(OC(=O)c1ccc(C(=O)O)cc1C(=O)O)OC(=O)C(C)(COC)COC(=O)Nc1ccc(Cc2ccc(NC(C)=O)cc2)cc1. The Hall–Kier alpha value is -6.55. The molecule has 0 fully saturated rings. The van der Waals surface area contributed by atoms with Gasteiger partial charge in [0.15, 0.2) is 6.61 Å². The number of anilines is 2. The van der Waals surface area contributed by atoms with E-state index in [-0.39, 0.29) is 18.1 Å². The highest BCUT2D eigenvalue weighted by molar-refractivity contribution is 6.04. The van der Waals surface area contributed by atoms with Crippen LogP contribution in [0.1, 0.15) is 63.0 Å². The molecule has 0 heterocycles. The molecule has 0 radical (unpaired) electrons. The van der Waals surface area contributed by atoms with Gasteiger partial charge in [-0.15, -0.1) is 0 Å². The predicted molar refractivity (Wildman–Crippen MR) is 186 cm³/mol. The van der Waals surface area contributed by atoms with Gasteiger partial charge in [0.25, 0.3) is 6.29 Å². The number of hydrogen-bond acceptors (Lipinski definition) is 12. The van der Waals surface area contributed by atoms with Gasteiger partial charge in [0, 0.05) is 31.0 Å². The molecule has 0 saturated carbocycles. The van der Waals surface area contributed by atoms with Crippen molar-refractivity contribution in [3.8, 4) is 0 Å². The van der Waals surface area contributed by atoms with E-state index in [1.54, 1.807) is 36.4 Å². The molecule has 16 heteroatoms. The van der Waals surface area contributed by atoms with Gasteiger partial charge in [-0.1, -0.05) is 30.8 Å². The van der Waals surface area contributed by atoms with Crippen molar-refractivity contribution in [1.82, 2.24) is 0 Å². The minimum Gasteiger partial charge on any atom is -0.478 e. The summed E-state index contributed by atoms with van der Waals surface area (Å²) in [4.78, 5) is 85.6. The number of methoxy groups -OCH3 is 1. The molecule has 0 aliphatic rings. The predicted octanol–water partition coefficient (Wildman–Crippen LogP) is 4.68. The van der Waals surface area contributed by atoms with Crippen LogP contribution in [0.4, 0.5) is 16.2 Å². The number of carbonyl (C=O) groups is 7. The minimum atomic E-state index is -1.95. The first-order chi connectivity index (χ1) is 25.0. The summed E-state index contributed by atoms with van der Waals surface area (Å²) >= 11 is 0. The summed E-state index contributed by atoms with van der Waals surface area (Å²) in [5.74, 6) is -6.66. The number of carboxylic acid groups (broad SMARTS) is 2. The Bertz CT molecular complexity index is 1870. The van der Waals surface area contributed by atoms with Gasteiger partial charge >= 0.3 is 35.9 Å². The molecular weight excluding hydrogens is 696 g/mol. The smallest absolute Gasteiger partial charge is 0.411 e. The maximum atomic E-state index is 13.4. The molecule has 2 atom stereocenters. The number of nitrogens with one attached hydrogen (secondary N) is 2. The molecule has 0 aliphatic heterocycles. The summed E-state index contributed by atoms with van der Waals surface area (Å²) in [5, 5.41) is 24.0. The van der Waals surface area contributed by atoms with Crippen LogP contribution in [0, 0.1) is 5.41 Å². The molecule has 0 aromatic heterocycles. The number of aromatic carboxylic acids is 2. The van der Waals surface area contributed by atoms with E-state index in [4.69, 9.17) is 23.7 Å². The van der Waals surface area contributed by atoms with Crippen LogP contribution in [0.15, 0.2) is 78.9 Å². The molecular formula is C37H38N2O14. The highest BCUT2D eigenvalue weighted by Crippen LogP contribution is 2.23. The van der Waals surface area contributed by atoms with Gasteiger partial charge in [-0.3, -0.25) is 14.9 Å². The van der Waals surface area contributed by atoms with Gasteiger partial charge in [0.1, 0.15) is 12.0 Å². The molecule has 0 spiro atoms. The van der Waals surface area contributed by atoms with Crippen molar-refractivity contribution in [3.63, 3.8) is 0 Å². The van der Waals surface area contributed by atoms with Gasteiger partial charge in [-0.05, 0) is 73.9 Å². The van der Waals surface area contributed by atoms with Crippen LogP contribution in [0.2, 0.25) is 0 Å². The van der Waals surface area contributed by atoms with E-state index in [0.717, 1.165) is 29.3 Å². The Morgan fingerprint density at radius 3 is 1.85 bits per heavy atom. The van der Waals surface area contributed by atoms with E-state index >= 15 is 0 Å². The molecule has 2 amide bonds. The number of amides is 2. The summed E-state index contributed by atoms with van der Waals surface area (Å²) in [6, 6.07) is 16.9. The normalized spacial score (nSPS) is 12.2. The molecule has 53 heavy (non-hydrogen) atoms. The van der Waals surface area contributed by atoms with Gasteiger partial charge in [-0.25, -0.2) is 24.0 Å². The number of carboxylic acids is 2. The third-order valence-electron chi connectivity index (χ3n) is 7.25. The van der Waals surface area contributed by atoms with Crippen molar-refractivity contribution in [2.24, 2.45) is 5.41 Å². The molecule has 16 nitrogen and oxygen atoms in total. The van der Waals surface area contributed by atoms with Crippen molar-refractivity contribution < 1.29 is 67.5 Å². The number of esters is 3.